The third-order valence-corrected chi connectivity index (χ3v) is 2.18. The first kappa shape index (κ1) is 14.4. The molecule has 6 nitrogen and oxygen atoms in total. The Morgan fingerprint density at radius 1 is 1.26 bits per heavy atom. The molecule has 100 valence electrons. The summed E-state index contributed by atoms with van der Waals surface area (Å²) in [7, 11) is 1.20. The van der Waals surface area contributed by atoms with Crippen LogP contribution in [0.4, 0.5) is 0 Å². The standard InChI is InChI=1S/C13H12O6/c1-8(12(15)16)7-11(14)19-10-6-4-3-5-9(10)13(17)18-2/h3-6H,1,7H2,2H3,(H,15,16). The Morgan fingerprint density at radius 2 is 1.89 bits per heavy atom. The lowest BCUT2D eigenvalue weighted by atomic mass is 10.2. The van der Waals surface area contributed by atoms with E-state index in [0.29, 0.717) is 0 Å². The average molecular weight is 264 g/mol. The Bertz CT molecular complexity index is 532. The van der Waals surface area contributed by atoms with E-state index in [1.165, 1.54) is 19.2 Å². The van der Waals surface area contributed by atoms with Gasteiger partial charge in [0.05, 0.1) is 13.5 Å². The molecule has 0 bridgehead atoms. The van der Waals surface area contributed by atoms with Gasteiger partial charge in [-0.1, -0.05) is 18.7 Å². The highest BCUT2D eigenvalue weighted by Crippen LogP contribution is 2.19. The number of methoxy groups -OCH3 is 1. The number of para-hydroxylation sites is 1. The van der Waals surface area contributed by atoms with Gasteiger partial charge in [0.1, 0.15) is 11.3 Å². The van der Waals surface area contributed by atoms with Crippen LogP contribution in [0.5, 0.6) is 5.75 Å². The van der Waals surface area contributed by atoms with Crippen molar-refractivity contribution in [3.8, 4) is 5.75 Å². The first-order valence-corrected chi connectivity index (χ1v) is 5.24. The number of esters is 2. The van der Waals surface area contributed by atoms with Crippen LogP contribution < -0.4 is 4.74 Å². The fourth-order valence-corrected chi connectivity index (χ4v) is 1.24. The molecule has 1 aromatic carbocycles. The number of carboxylic acids is 1. The SMILES string of the molecule is C=C(CC(=O)Oc1ccccc1C(=O)OC)C(=O)O. The molecule has 0 atom stereocenters. The summed E-state index contributed by atoms with van der Waals surface area (Å²) in [6.07, 6.45) is -0.467. The van der Waals surface area contributed by atoms with Crippen molar-refractivity contribution in [3.05, 3.63) is 42.0 Å². The molecule has 0 aromatic heterocycles. The number of hydrogen-bond acceptors (Lipinski definition) is 5. The van der Waals surface area contributed by atoms with Crippen molar-refractivity contribution in [2.24, 2.45) is 0 Å². The smallest absolute Gasteiger partial charge is 0.341 e. The predicted octanol–water partition coefficient (Wildman–Crippen LogP) is 1.41. The molecule has 0 amide bonds. The van der Waals surface area contributed by atoms with Crippen molar-refractivity contribution in [2.75, 3.05) is 7.11 Å². The molecular weight excluding hydrogens is 252 g/mol. The predicted molar refractivity (Wildman–Crippen MR) is 64.8 cm³/mol. The molecular formula is C13H12O6. The zero-order valence-corrected chi connectivity index (χ0v) is 10.2. The van der Waals surface area contributed by atoms with E-state index in [0.717, 1.165) is 0 Å². The van der Waals surface area contributed by atoms with Crippen LogP contribution in [0, 0.1) is 0 Å². The minimum absolute atomic E-state index is 0.0116. The summed E-state index contributed by atoms with van der Waals surface area (Å²) in [5, 5.41) is 8.60. The van der Waals surface area contributed by atoms with Crippen LogP contribution in [0.3, 0.4) is 0 Å². The van der Waals surface area contributed by atoms with Crippen molar-refractivity contribution in [3.63, 3.8) is 0 Å². The molecule has 0 saturated heterocycles. The van der Waals surface area contributed by atoms with Gasteiger partial charge in [0.2, 0.25) is 0 Å². The topological polar surface area (TPSA) is 89.9 Å². The van der Waals surface area contributed by atoms with Gasteiger partial charge in [0.25, 0.3) is 0 Å². The van der Waals surface area contributed by atoms with E-state index in [9.17, 15) is 14.4 Å². The minimum Gasteiger partial charge on any atom is -0.478 e. The van der Waals surface area contributed by atoms with E-state index >= 15 is 0 Å². The van der Waals surface area contributed by atoms with Gasteiger partial charge in [-0.15, -0.1) is 0 Å². The van der Waals surface area contributed by atoms with Crippen molar-refractivity contribution in [2.45, 2.75) is 6.42 Å². The monoisotopic (exact) mass is 264 g/mol. The van der Waals surface area contributed by atoms with Gasteiger partial charge >= 0.3 is 17.9 Å². The second kappa shape index (κ2) is 6.34. The molecule has 0 aliphatic rings. The summed E-state index contributed by atoms with van der Waals surface area (Å²) in [4.78, 5) is 33.4. The molecule has 0 radical (unpaired) electrons. The highest BCUT2D eigenvalue weighted by atomic mass is 16.5. The van der Waals surface area contributed by atoms with E-state index in [4.69, 9.17) is 9.84 Å². The van der Waals surface area contributed by atoms with Crippen LogP contribution in [-0.2, 0) is 14.3 Å². The Balaban J connectivity index is 2.82. The largest absolute Gasteiger partial charge is 0.478 e. The molecule has 0 unspecified atom stereocenters. The fraction of sp³-hybridized carbons (Fsp3) is 0.154. The van der Waals surface area contributed by atoms with E-state index < -0.39 is 24.3 Å². The molecule has 0 fully saturated rings. The number of hydrogen-bond donors (Lipinski definition) is 1. The molecule has 6 heteroatoms. The van der Waals surface area contributed by atoms with Crippen molar-refractivity contribution < 1.29 is 29.0 Å². The molecule has 0 heterocycles. The summed E-state index contributed by atoms with van der Waals surface area (Å²) in [6.45, 7) is 3.22. The zero-order valence-electron chi connectivity index (χ0n) is 10.2. The van der Waals surface area contributed by atoms with E-state index in [-0.39, 0.29) is 16.9 Å². The third kappa shape index (κ3) is 3.95. The van der Waals surface area contributed by atoms with E-state index in [1.54, 1.807) is 12.1 Å². The Hall–Kier alpha value is -2.63. The Kier molecular flexibility index (Phi) is 4.82. The molecule has 1 N–H and O–H groups in total. The molecule has 1 rings (SSSR count). The van der Waals surface area contributed by atoms with Crippen LogP contribution in [-0.4, -0.2) is 30.1 Å². The van der Waals surface area contributed by atoms with Gasteiger partial charge in [-0.3, -0.25) is 4.79 Å². The maximum Gasteiger partial charge on any atom is 0.341 e. The second-order valence-corrected chi connectivity index (χ2v) is 3.55. The molecule has 0 saturated carbocycles. The second-order valence-electron chi connectivity index (χ2n) is 3.55. The molecule has 0 spiro atoms. The van der Waals surface area contributed by atoms with Gasteiger partial charge in [-0.25, -0.2) is 9.59 Å². The summed E-state index contributed by atoms with van der Waals surface area (Å²) < 4.78 is 9.46. The molecule has 1 aromatic rings. The summed E-state index contributed by atoms with van der Waals surface area (Å²) in [5.74, 6) is -2.74. The van der Waals surface area contributed by atoms with Crippen LogP contribution >= 0.6 is 0 Å². The number of carbonyl (C=O) groups excluding carboxylic acids is 2. The van der Waals surface area contributed by atoms with Crippen LogP contribution in [0.15, 0.2) is 36.4 Å². The number of ether oxygens (including phenoxy) is 2. The first-order valence-electron chi connectivity index (χ1n) is 5.24. The normalized spacial score (nSPS) is 9.53. The average Bonchev–Trinajstić information content (AvgIpc) is 2.38. The lowest BCUT2D eigenvalue weighted by Crippen LogP contribution is -2.14. The van der Waals surface area contributed by atoms with Crippen molar-refractivity contribution in [1.29, 1.82) is 0 Å². The third-order valence-electron chi connectivity index (χ3n) is 2.18. The van der Waals surface area contributed by atoms with Gasteiger partial charge in [-0.05, 0) is 12.1 Å². The number of rotatable bonds is 5. The quantitative estimate of drug-likeness (QED) is 0.491. The molecule has 0 aliphatic heterocycles. The lowest BCUT2D eigenvalue weighted by molar-refractivity contribution is -0.138. The van der Waals surface area contributed by atoms with Gasteiger partial charge in [0, 0.05) is 5.57 Å². The Labute approximate surface area is 109 Å². The highest BCUT2D eigenvalue weighted by Gasteiger charge is 2.17. The van der Waals surface area contributed by atoms with Crippen molar-refractivity contribution >= 4 is 17.9 Å². The minimum atomic E-state index is -1.28. The van der Waals surface area contributed by atoms with Gasteiger partial charge in [-0.2, -0.15) is 0 Å². The number of carboxylic acid groups (broad SMARTS) is 1. The number of carbonyl (C=O) groups is 3. The summed E-state index contributed by atoms with van der Waals surface area (Å²) in [6, 6.07) is 6.00. The highest BCUT2D eigenvalue weighted by molar-refractivity contribution is 5.95. The number of benzene rings is 1. The maximum atomic E-state index is 11.5. The number of aliphatic carboxylic acids is 1. The van der Waals surface area contributed by atoms with Gasteiger partial charge < -0.3 is 14.6 Å². The van der Waals surface area contributed by atoms with Crippen LogP contribution in [0.2, 0.25) is 0 Å². The summed E-state index contributed by atoms with van der Waals surface area (Å²) >= 11 is 0. The first-order chi connectivity index (χ1) is 8.95. The van der Waals surface area contributed by atoms with Crippen LogP contribution in [0.1, 0.15) is 16.8 Å². The van der Waals surface area contributed by atoms with E-state index in [2.05, 4.69) is 11.3 Å². The lowest BCUT2D eigenvalue weighted by Gasteiger charge is -2.08. The van der Waals surface area contributed by atoms with Gasteiger partial charge in [0.15, 0.2) is 0 Å². The molecule has 0 aliphatic carbocycles. The summed E-state index contributed by atoms with van der Waals surface area (Å²) in [5.41, 5.74) is -0.208. The maximum absolute atomic E-state index is 11.5. The molecule has 19 heavy (non-hydrogen) atoms. The van der Waals surface area contributed by atoms with E-state index in [1.807, 2.05) is 0 Å². The van der Waals surface area contributed by atoms with Crippen molar-refractivity contribution in [1.82, 2.24) is 0 Å². The zero-order chi connectivity index (χ0) is 14.4. The van der Waals surface area contributed by atoms with Crippen LogP contribution in [0.25, 0.3) is 0 Å². The fourth-order valence-electron chi connectivity index (χ4n) is 1.24. The Morgan fingerprint density at radius 3 is 2.47 bits per heavy atom.